The highest BCUT2D eigenvalue weighted by Crippen LogP contribution is 2.13. The lowest BCUT2D eigenvalue weighted by Crippen LogP contribution is -2.02. The fourth-order valence-corrected chi connectivity index (χ4v) is 2.33. The molecule has 0 atom stereocenters. The van der Waals surface area contributed by atoms with E-state index >= 15 is 0 Å². The summed E-state index contributed by atoms with van der Waals surface area (Å²) in [6, 6.07) is 8.13. The van der Waals surface area contributed by atoms with Crippen molar-refractivity contribution in [2.45, 2.75) is 51.9 Å². The topological polar surface area (TPSA) is 40.7 Å². The highest BCUT2D eigenvalue weighted by molar-refractivity contribution is 5.77. The molecule has 2 N–H and O–H groups in total. The van der Waals surface area contributed by atoms with Crippen molar-refractivity contribution >= 4 is 17.0 Å². The van der Waals surface area contributed by atoms with Gasteiger partial charge < -0.3 is 10.3 Å². The molecule has 0 saturated heterocycles. The molecule has 3 heteroatoms. The van der Waals surface area contributed by atoms with Crippen LogP contribution in [0.4, 0.5) is 5.95 Å². The molecule has 1 aromatic carbocycles. The molecule has 2 aromatic rings. The summed E-state index contributed by atoms with van der Waals surface area (Å²) in [5.74, 6) is 0.896. The maximum atomic E-state index is 4.50. The molecule has 0 fully saturated rings. The van der Waals surface area contributed by atoms with E-state index in [9.17, 15) is 0 Å². The van der Waals surface area contributed by atoms with Gasteiger partial charge in [0.15, 0.2) is 0 Å². The van der Waals surface area contributed by atoms with Crippen molar-refractivity contribution in [3.05, 3.63) is 24.3 Å². The summed E-state index contributed by atoms with van der Waals surface area (Å²) in [5.41, 5.74) is 2.13. The first kappa shape index (κ1) is 13.9. The largest absolute Gasteiger partial charge is 0.356 e. The van der Waals surface area contributed by atoms with E-state index < -0.39 is 0 Å². The summed E-state index contributed by atoms with van der Waals surface area (Å²) in [4.78, 5) is 7.80. The van der Waals surface area contributed by atoms with Gasteiger partial charge in [0.25, 0.3) is 0 Å². The van der Waals surface area contributed by atoms with E-state index in [1.54, 1.807) is 0 Å². The van der Waals surface area contributed by atoms with E-state index in [0.717, 1.165) is 23.5 Å². The summed E-state index contributed by atoms with van der Waals surface area (Å²) in [6.45, 7) is 3.27. The Bertz CT molecular complexity index is 443. The maximum absolute atomic E-state index is 4.50. The van der Waals surface area contributed by atoms with Gasteiger partial charge in [-0.2, -0.15) is 0 Å². The molecule has 0 amide bonds. The van der Waals surface area contributed by atoms with Crippen LogP contribution in [0.2, 0.25) is 0 Å². The van der Waals surface area contributed by atoms with Crippen LogP contribution in [0.25, 0.3) is 11.0 Å². The predicted molar refractivity (Wildman–Crippen MR) is 82.6 cm³/mol. The lowest BCUT2D eigenvalue weighted by atomic mass is 10.1. The van der Waals surface area contributed by atoms with Crippen LogP contribution in [0, 0.1) is 0 Å². The number of anilines is 1. The smallest absolute Gasteiger partial charge is 0.201 e. The molecule has 2 rings (SSSR count). The summed E-state index contributed by atoms with van der Waals surface area (Å²) < 4.78 is 0. The van der Waals surface area contributed by atoms with Gasteiger partial charge in [-0.1, -0.05) is 57.6 Å². The molecule has 0 spiro atoms. The molecule has 0 unspecified atom stereocenters. The van der Waals surface area contributed by atoms with Crippen LogP contribution < -0.4 is 5.32 Å². The van der Waals surface area contributed by atoms with Crippen LogP contribution in [0.1, 0.15) is 51.9 Å². The lowest BCUT2D eigenvalue weighted by Gasteiger charge is -2.02. The van der Waals surface area contributed by atoms with Gasteiger partial charge in [0.2, 0.25) is 5.95 Å². The minimum Gasteiger partial charge on any atom is -0.356 e. The Morgan fingerprint density at radius 3 is 2.53 bits per heavy atom. The van der Waals surface area contributed by atoms with Crippen molar-refractivity contribution in [1.82, 2.24) is 9.97 Å². The number of H-pyrrole nitrogens is 1. The normalized spacial score (nSPS) is 11.0. The second-order valence-corrected chi connectivity index (χ2v) is 5.15. The molecule has 0 saturated carbocycles. The fraction of sp³-hybridized carbons (Fsp3) is 0.562. The van der Waals surface area contributed by atoms with Gasteiger partial charge >= 0.3 is 0 Å². The number of hydrogen-bond donors (Lipinski definition) is 2. The number of aromatic nitrogens is 2. The highest BCUT2D eigenvalue weighted by Gasteiger charge is 2.00. The Morgan fingerprint density at radius 2 is 1.74 bits per heavy atom. The van der Waals surface area contributed by atoms with Gasteiger partial charge in [-0.3, -0.25) is 0 Å². The number of aromatic amines is 1. The van der Waals surface area contributed by atoms with E-state index in [1.165, 1.54) is 44.9 Å². The van der Waals surface area contributed by atoms with Crippen LogP contribution in [-0.4, -0.2) is 16.5 Å². The zero-order valence-corrected chi connectivity index (χ0v) is 11.9. The van der Waals surface area contributed by atoms with E-state index in [0.29, 0.717) is 0 Å². The first-order valence-electron chi connectivity index (χ1n) is 7.59. The summed E-state index contributed by atoms with van der Waals surface area (Å²) >= 11 is 0. The molecule has 0 aliphatic rings. The molecule has 3 nitrogen and oxygen atoms in total. The van der Waals surface area contributed by atoms with Crippen LogP contribution in [0.5, 0.6) is 0 Å². The molecule has 104 valence electrons. The minimum absolute atomic E-state index is 0.896. The molecule has 0 aliphatic carbocycles. The number of para-hydroxylation sites is 2. The average molecular weight is 259 g/mol. The minimum atomic E-state index is 0.896. The van der Waals surface area contributed by atoms with Gasteiger partial charge in [-0.25, -0.2) is 4.98 Å². The van der Waals surface area contributed by atoms with E-state index in [-0.39, 0.29) is 0 Å². The van der Waals surface area contributed by atoms with E-state index in [4.69, 9.17) is 0 Å². The van der Waals surface area contributed by atoms with Gasteiger partial charge in [-0.15, -0.1) is 0 Å². The molecule has 0 radical (unpaired) electrons. The number of imidazole rings is 1. The molecular formula is C16H25N3. The summed E-state index contributed by atoms with van der Waals surface area (Å²) in [7, 11) is 0. The predicted octanol–water partition coefficient (Wildman–Crippen LogP) is 4.73. The third kappa shape index (κ3) is 4.58. The van der Waals surface area contributed by atoms with Gasteiger partial charge in [-0.05, 0) is 18.6 Å². The van der Waals surface area contributed by atoms with Gasteiger partial charge in [0, 0.05) is 6.54 Å². The first-order chi connectivity index (χ1) is 9.40. The van der Waals surface area contributed by atoms with Gasteiger partial charge in [0.1, 0.15) is 0 Å². The second-order valence-electron chi connectivity index (χ2n) is 5.15. The monoisotopic (exact) mass is 259 g/mol. The number of nitrogens with zero attached hydrogens (tertiary/aromatic N) is 1. The highest BCUT2D eigenvalue weighted by atomic mass is 15.1. The van der Waals surface area contributed by atoms with Crippen LogP contribution in [-0.2, 0) is 0 Å². The standard InChI is InChI=1S/C16H25N3/c1-2-3-4-5-6-7-10-13-17-16-18-14-11-8-9-12-15(14)19-16/h8-9,11-12H,2-7,10,13H2,1H3,(H2,17,18,19). The Balaban J connectivity index is 1.60. The molecular weight excluding hydrogens is 234 g/mol. The molecule has 0 bridgehead atoms. The van der Waals surface area contributed by atoms with Crippen molar-refractivity contribution in [1.29, 1.82) is 0 Å². The number of hydrogen-bond acceptors (Lipinski definition) is 2. The van der Waals surface area contributed by atoms with Gasteiger partial charge in [0.05, 0.1) is 11.0 Å². The van der Waals surface area contributed by atoms with Crippen molar-refractivity contribution in [3.8, 4) is 0 Å². The van der Waals surface area contributed by atoms with Crippen molar-refractivity contribution < 1.29 is 0 Å². The molecule has 19 heavy (non-hydrogen) atoms. The fourth-order valence-electron chi connectivity index (χ4n) is 2.33. The van der Waals surface area contributed by atoms with E-state index in [1.807, 2.05) is 18.2 Å². The number of unbranched alkanes of at least 4 members (excludes halogenated alkanes) is 6. The molecule has 0 aliphatic heterocycles. The number of nitrogens with one attached hydrogen (secondary N) is 2. The Labute approximate surface area is 115 Å². The zero-order valence-electron chi connectivity index (χ0n) is 11.9. The Kier molecular flexibility index (Phi) is 5.73. The van der Waals surface area contributed by atoms with Crippen molar-refractivity contribution in [3.63, 3.8) is 0 Å². The SMILES string of the molecule is CCCCCCCCCNc1nc2ccccc2[nH]1. The van der Waals surface area contributed by atoms with E-state index in [2.05, 4.69) is 28.3 Å². The van der Waals surface area contributed by atoms with Crippen LogP contribution >= 0.6 is 0 Å². The number of rotatable bonds is 9. The quantitative estimate of drug-likeness (QED) is 0.639. The van der Waals surface area contributed by atoms with Crippen LogP contribution in [0.15, 0.2) is 24.3 Å². The average Bonchev–Trinajstić information content (AvgIpc) is 2.84. The Morgan fingerprint density at radius 1 is 1.00 bits per heavy atom. The second kappa shape index (κ2) is 7.82. The third-order valence-corrected chi connectivity index (χ3v) is 3.46. The first-order valence-corrected chi connectivity index (χ1v) is 7.59. The Hall–Kier alpha value is -1.51. The van der Waals surface area contributed by atoms with Crippen molar-refractivity contribution in [2.75, 3.05) is 11.9 Å². The number of fused-ring (bicyclic) bond motifs is 1. The maximum Gasteiger partial charge on any atom is 0.201 e. The molecule has 1 heterocycles. The zero-order chi connectivity index (χ0) is 13.3. The number of benzene rings is 1. The summed E-state index contributed by atoms with van der Waals surface area (Å²) in [5, 5.41) is 3.37. The molecule has 1 aromatic heterocycles. The van der Waals surface area contributed by atoms with Crippen molar-refractivity contribution in [2.24, 2.45) is 0 Å². The lowest BCUT2D eigenvalue weighted by molar-refractivity contribution is 0.596. The van der Waals surface area contributed by atoms with Crippen LogP contribution in [0.3, 0.4) is 0 Å². The third-order valence-electron chi connectivity index (χ3n) is 3.46. The summed E-state index contributed by atoms with van der Waals surface area (Å²) in [6.07, 6.45) is 9.40.